The number of amides is 1. The first kappa shape index (κ1) is 11.0. The summed E-state index contributed by atoms with van der Waals surface area (Å²) in [4.78, 5) is 25.5. The van der Waals surface area contributed by atoms with Crippen molar-refractivity contribution in [3.8, 4) is 5.75 Å². The summed E-state index contributed by atoms with van der Waals surface area (Å²) in [6.45, 7) is 1.32. The van der Waals surface area contributed by atoms with Crippen molar-refractivity contribution in [2.45, 2.75) is 13.0 Å². The van der Waals surface area contributed by atoms with E-state index in [1.165, 1.54) is 25.3 Å². The van der Waals surface area contributed by atoms with Crippen molar-refractivity contribution in [1.29, 1.82) is 0 Å². The first-order valence-corrected chi connectivity index (χ1v) is 4.20. The van der Waals surface area contributed by atoms with Gasteiger partial charge in [-0.3, -0.25) is 9.59 Å². The molecule has 6 heteroatoms. The van der Waals surface area contributed by atoms with Gasteiger partial charge in [0, 0.05) is 6.20 Å². The molecule has 1 rings (SSSR count). The zero-order valence-corrected chi connectivity index (χ0v) is 7.97. The first-order valence-electron chi connectivity index (χ1n) is 4.20. The van der Waals surface area contributed by atoms with Crippen molar-refractivity contribution in [1.82, 2.24) is 10.3 Å². The van der Waals surface area contributed by atoms with E-state index in [1.807, 2.05) is 0 Å². The molecule has 0 aliphatic rings. The summed E-state index contributed by atoms with van der Waals surface area (Å²) in [6.07, 6.45) is 1.33. The number of nitrogens with zero attached hydrogens (tertiary/aromatic N) is 1. The molecule has 15 heavy (non-hydrogen) atoms. The van der Waals surface area contributed by atoms with Crippen LogP contribution in [0.1, 0.15) is 17.4 Å². The fraction of sp³-hybridized carbons (Fsp3) is 0.222. The van der Waals surface area contributed by atoms with Gasteiger partial charge in [-0.1, -0.05) is 0 Å². The van der Waals surface area contributed by atoms with Crippen molar-refractivity contribution in [2.75, 3.05) is 0 Å². The number of carboxylic acid groups (broad SMARTS) is 1. The molecule has 0 saturated heterocycles. The number of aromatic hydroxyl groups is 1. The topological polar surface area (TPSA) is 99.5 Å². The van der Waals surface area contributed by atoms with Gasteiger partial charge in [-0.25, -0.2) is 4.98 Å². The summed E-state index contributed by atoms with van der Waals surface area (Å²) >= 11 is 0. The molecule has 0 aliphatic heterocycles. The average Bonchev–Trinajstić information content (AvgIpc) is 2.18. The fourth-order valence-electron chi connectivity index (χ4n) is 0.899. The second-order valence-corrected chi connectivity index (χ2v) is 2.90. The average molecular weight is 210 g/mol. The third kappa shape index (κ3) is 2.67. The van der Waals surface area contributed by atoms with Crippen LogP contribution in [0, 0.1) is 0 Å². The van der Waals surface area contributed by atoms with Gasteiger partial charge in [-0.05, 0) is 19.1 Å². The molecule has 3 N–H and O–H groups in total. The summed E-state index contributed by atoms with van der Waals surface area (Å²) in [5, 5.41) is 20.0. The largest absolute Gasteiger partial charge is 0.505 e. The second kappa shape index (κ2) is 4.41. The van der Waals surface area contributed by atoms with Crippen molar-refractivity contribution in [2.24, 2.45) is 0 Å². The van der Waals surface area contributed by atoms with Crippen LogP contribution in [0.25, 0.3) is 0 Å². The maximum Gasteiger partial charge on any atom is 0.325 e. The number of carbonyl (C=O) groups is 2. The lowest BCUT2D eigenvalue weighted by Gasteiger charge is -2.08. The summed E-state index contributed by atoms with van der Waals surface area (Å²) < 4.78 is 0. The van der Waals surface area contributed by atoms with Crippen LogP contribution in [0.4, 0.5) is 0 Å². The van der Waals surface area contributed by atoms with Crippen molar-refractivity contribution in [3.63, 3.8) is 0 Å². The minimum atomic E-state index is -1.15. The van der Waals surface area contributed by atoms with E-state index >= 15 is 0 Å². The lowest BCUT2D eigenvalue weighted by Crippen LogP contribution is -2.38. The number of rotatable bonds is 3. The Balaban J connectivity index is 2.78. The SMILES string of the molecule is C[C@@H](NC(=O)c1ncccc1O)C(=O)O. The smallest absolute Gasteiger partial charge is 0.325 e. The highest BCUT2D eigenvalue weighted by molar-refractivity contribution is 5.96. The van der Waals surface area contributed by atoms with Crippen LogP contribution in [0.15, 0.2) is 18.3 Å². The highest BCUT2D eigenvalue weighted by atomic mass is 16.4. The first-order chi connectivity index (χ1) is 7.02. The Morgan fingerprint density at radius 3 is 2.73 bits per heavy atom. The van der Waals surface area contributed by atoms with E-state index in [2.05, 4.69) is 10.3 Å². The van der Waals surface area contributed by atoms with Gasteiger partial charge in [0.1, 0.15) is 11.8 Å². The van der Waals surface area contributed by atoms with Gasteiger partial charge >= 0.3 is 5.97 Å². The van der Waals surface area contributed by atoms with Crippen LogP contribution in [0.3, 0.4) is 0 Å². The predicted octanol–water partition coefficient (Wildman–Crippen LogP) is -0.00990. The molecule has 0 unspecified atom stereocenters. The van der Waals surface area contributed by atoms with Gasteiger partial charge in [0.05, 0.1) is 0 Å². The molecule has 0 saturated carbocycles. The third-order valence-electron chi connectivity index (χ3n) is 1.72. The Morgan fingerprint density at radius 2 is 2.20 bits per heavy atom. The maximum atomic E-state index is 11.4. The van der Waals surface area contributed by atoms with E-state index in [0.717, 1.165) is 0 Å². The zero-order chi connectivity index (χ0) is 11.4. The molecular formula is C9H10N2O4. The number of pyridine rings is 1. The molecule has 0 bridgehead atoms. The van der Waals surface area contributed by atoms with E-state index in [-0.39, 0.29) is 11.4 Å². The number of hydrogen-bond acceptors (Lipinski definition) is 4. The molecule has 0 aliphatic carbocycles. The summed E-state index contributed by atoms with van der Waals surface area (Å²) in [6, 6.07) is 1.74. The molecule has 1 aromatic rings. The summed E-state index contributed by atoms with van der Waals surface area (Å²) in [5.74, 6) is -2.16. The fourth-order valence-corrected chi connectivity index (χ4v) is 0.899. The minimum absolute atomic E-state index is 0.189. The monoisotopic (exact) mass is 210 g/mol. The summed E-state index contributed by atoms with van der Waals surface area (Å²) in [7, 11) is 0. The van der Waals surface area contributed by atoms with E-state index in [9.17, 15) is 14.7 Å². The Labute approximate surface area is 85.6 Å². The summed E-state index contributed by atoms with van der Waals surface area (Å²) in [5.41, 5.74) is -0.189. The molecule has 1 heterocycles. The molecule has 0 fully saturated rings. The number of aromatic nitrogens is 1. The number of carbonyl (C=O) groups excluding carboxylic acids is 1. The van der Waals surface area contributed by atoms with Crippen LogP contribution in [0.5, 0.6) is 5.75 Å². The van der Waals surface area contributed by atoms with Crippen molar-refractivity contribution >= 4 is 11.9 Å². The third-order valence-corrected chi connectivity index (χ3v) is 1.72. The molecule has 0 aromatic carbocycles. The number of hydrogen-bond donors (Lipinski definition) is 3. The number of aliphatic carboxylic acids is 1. The molecule has 1 atom stereocenters. The van der Waals surface area contributed by atoms with Crippen LogP contribution in [-0.4, -0.2) is 33.1 Å². The standard InChI is InChI=1S/C9H10N2O4/c1-5(9(14)15)11-8(13)7-6(12)3-2-4-10-7/h2-5,12H,1H3,(H,11,13)(H,14,15)/t5-/m1/s1. The van der Waals surface area contributed by atoms with Gasteiger partial charge < -0.3 is 15.5 Å². The molecule has 1 amide bonds. The van der Waals surface area contributed by atoms with E-state index < -0.39 is 17.9 Å². The lowest BCUT2D eigenvalue weighted by molar-refractivity contribution is -0.138. The van der Waals surface area contributed by atoms with Crippen LogP contribution >= 0.6 is 0 Å². The van der Waals surface area contributed by atoms with E-state index in [0.29, 0.717) is 0 Å². The number of carboxylic acids is 1. The highest BCUT2D eigenvalue weighted by Gasteiger charge is 2.18. The van der Waals surface area contributed by atoms with Crippen molar-refractivity contribution < 1.29 is 19.8 Å². The highest BCUT2D eigenvalue weighted by Crippen LogP contribution is 2.11. The van der Waals surface area contributed by atoms with Gasteiger partial charge in [-0.15, -0.1) is 0 Å². The Kier molecular flexibility index (Phi) is 3.22. The molecular weight excluding hydrogens is 200 g/mol. The Bertz CT molecular complexity index is 391. The minimum Gasteiger partial charge on any atom is -0.505 e. The van der Waals surface area contributed by atoms with Gasteiger partial charge in [0.15, 0.2) is 5.69 Å². The molecule has 0 radical (unpaired) electrons. The van der Waals surface area contributed by atoms with Crippen LogP contribution < -0.4 is 5.32 Å². The van der Waals surface area contributed by atoms with Crippen LogP contribution in [0.2, 0.25) is 0 Å². The van der Waals surface area contributed by atoms with Gasteiger partial charge in [-0.2, -0.15) is 0 Å². The molecule has 80 valence electrons. The lowest BCUT2D eigenvalue weighted by atomic mass is 10.2. The Morgan fingerprint density at radius 1 is 1.53 bits per heavy atom. The van der Waals surface area contributed by atoms with Gasteiger partial charge in [0.2, 0.25) is 0 Å². The maximum absolute atomic E-state index is 11.4. The zero-order valence-electron chi connectivity index (χ0n) is 7.97. The second-order valence-electron chi connectivity index (χ2n) is 2.90. The number of nitrogens with one attached hydrogen (secondary N) is 1. The molecule has 0 spiro atoms. The van der Waals surface area contributed by atoms with Crippen molar-refractivity contribution in [3.05, 3.63) is 24.0 Å². The van der Waals surface area contributed by atoms with Gasteiger partial charge in [0.25, 0.3) is 5.91 Å². The molecule has 1 aromatic heterocycles. The van der Waals surface area contributed by atoms with E-state index in [1.54, 1.807) is 0 Å². The normalized spacial score (nSPS) is 11.8. The van der Waals surface area contributed by atoms with E-state index in [4.69, 9.17) is 5.11 Å². The van der Waals surface area contributed by atoms with Crippen LogP contribution in [-0.2, 0) is 4.79 Å². The molecule has 6 nitrogen and oxygen atoms in total. The Hall–Kier alpha value is -2.11. The quantitative estimate of drug-likeness (QED) is 0.651. The predicted molar refractivity (Wildman–Crippen MR) is 50.5 cm³/mol.